The largest absolute Gasteiger partial charge is 0.285 e. The Hall–Kier alpha value is -1.49. The lowest BCUT2D eigenvalue weighted by atomic mass is 10.2. The first-order chi connectivity index (χ1) is 7.16. The van der Waals surface area contributed by atoms with E-state index in [0.717, 1.165) is 4.47 Å². The van der Waals surface area contributed by atoms with Crippen molar-refractivity contribution in [2.24, 2.45) is 7.05 Å². The van der Waals surface area contributed by atoms with Crippen molar-refractivity contribution in [1.82, 2.24) is 14.8 Å². The van der Waals surface area contributed by atoms with E-state index < -0.39 is 0 Å². The molecule has 0 unspecified atom stereocenters. The maximum absolute atomic E-state index is 11.8. The Morgan fingerprint density at radius 3 is 2.67 bits per heavy atom. The fourth-order valence-electron chi connectivity index (χ4n) is 1.18. The second-order valence-electron chi connectivity index (χ2n) is 3.07. The number of ketones is 1. The van der Waals surface area contributed by atoms with Gasteiger partial charge in [0.05, 0.1) is 0 Å². The van der Waals surface area contributed by atoms with Gasteiger partial charge in [0.25, 0.3) is 0 Å². The molecule has 2 aromatic heterocycles. The number of carbonyl (C=O) groups excluding carboxylic acids is 1. The summed E-state index contributed by atoms with van der Waals surface area (Å²) < 4.78 is 2.44. The van der Waals surface area contributed by atoms with Crippen LogP contribution >= 0.6 is 15.9 Å². The predicted octanol–water partition coefficient (Wildman–Crippen LogP) is 1.81. The van der Waals surface area contributed by atoms with Gasteiger partial charge in [-0.05, 0) is 34.1 Å². The SMILES string of the molecule is Cn1ccc(C(=O)c2ccc(Br)cn2)n1. The molecule has 0 radical (unpaired) electrons. The first-order valence-electron chi connectivity index (χ1n) is 4.33. The van der Waals surface area contributed by atoms with Gasteiger partial charge in [0.2, 0.25) is 5.78 Å². The minimum atomic E-state index is -0.164. The molecular weight excluding hydrogens is 258 g/mol. The molecule has 2 rings (SSSR count). The van der Waals surface area contributed by atoms with Gasteiger partial charge in [-0.3, -0.25) is 14.5 Å². The maximum atomic E-state index is 11.8. The maximum Gasteiger partial charge on any atom is 0.231 e. The molecule has 0 saturated heterocycles. The van der Waals surface area contributed by atoms with Crippen LogP contribution in [0.1, 0.15) is 16.2 Å². The van der Waals surface area contributed by atoms with E-state index in [9.17, 15) is 4.79 Å². The summed E-state index contributed by atoms with van der Waals surface area (Å²) in [5, 5.41) is 4.02. The molecule has 0 N–H and O–H groups in total. The number of pyridine rings is 1. The predicted molar refractivity (Wildman–Crippen MR) is 58.6 cm³/mol. The Morgan fingerprint density at radius 1 is 1.33 bits per heavy atom. The number of carbonyl (C=O) groups is 1. The van der Waals surface area contributed by atoms with Gasteiger partial charge in [-0.1, -0.05) is 0 Å². The molecule has 0 atom stereocenters. The highest BCUT2D eigenvalue weighted by Crippen LogP contribution is 2.10. The molecule has 4 nitrogen and oxygen atoms in total. The van der Waals surface area contributed by atoms with E-state index >= 15 is 0 Å². The number of aromatic nitrogens is 3. The lowest BCUT2D eigenvalue weighted by Gasteiger charge is -1.96. The quantitative estimate of drug-likeness (QED) is 0.779. The number of nitrogens with zero attached hydrogens (tertiary/aromatic N) is 3. The summed E-state index contributed by atoms with van der Waals surface area (Å²) in [6.45, 7) is 0. The minimum Gasteiger partial charge on any atom is -0.285 e. The Kier molecular flexibility index (Phi) is 2.64. The molecule has 2 aromatic rings. The number of rotatable bonds is 2. The second-order valence-corrected chi connectivity index (χ2v) is 3.98. The number of halogens is 1. The number of hydrogen-bond acceptors (Lipinski definition) is 3. The van der Waals surface area contributed by atoms with Gasteiger partial charge in [0.15, 0.2) is 0 Å². The van der Waals surface area contributed by atoms with E-state index in [-0.39, 0.29) is 5.78 Å². The molecule has 5 heteroatoms. The van der Waals surface area contributed by atoms with Gasteiger partial charge in [-0.15, -0.1) is 0 Å². The average molecular weight is 266 g/mol. The third-order valence-corrected chi connectivity index (χ3v) is 2.38. The van der Waals surface area contributed by atoms with Crippen LogP contribution in [-0.4, -0.2) is 20.5 Å². The van der Waals surface area contributed by atoms with Crippen molar-refractivity contribution in [2.45, 2.75) is 0 Å². The summed E-state index contributed by atoms with van der Waals surface area (Å²) in [7, 11) is 1.77. The molecule has 76 valence electrons. The molecule has 0 aliphatic rings. The van der Waals surface area contributed by atoms with E-state index in [1.54, 1.807) is 42.3 Å². The molecule has 0 fully saturated rings. The van der Waals surface area contributed by atoms with Gasteiger partial charge in [-0.25, -0.2) is 0 Å². The van der Waals surface area contributed by atoms with E-state index in [4.69, 9.17) is 0 Å². The summed E-state index contributed by atoms with van der Waals surface area (Å²) in [6.07, 6.45) is 3.32. The van der Waals surface area contributed by atoms with Gasteiger partial charge in [0, 0.05) is 23.9 Å². The van der Waals surface area contributed by atoms with Crippen LogP contribution in [-0.2, 0) is 7.05 Å². The van der Waals surface area contributed by atoms with Gasteiger partial charge in [-0.2, -0.15) is 5.10 Å². The summed E-state index contributed by atoms with van der Waals surface area (Å²) >= 11 is 3.26. The van der Waals surface area contributed by atoms with Crippen molar-refractivity contribution in [3.63, 3.8) is 0 Å². The molecule has 0 bridgehead atoms. The van der Waals surface area contributed by atoms with E-state index in [1.165, 1.54) is 0 Å². The van der Waals surface area contributed by atoms with E-state index in [2.05, 4.69) is 26.0 Å². The van der Waals surface area contributed by atoms with E-state index in [1.807, 2.05) is 0 Å². The van der Waals surface area contributed by atoms with Crippen LogP contribution in [0.3, 0.4) is 0 Å². The van der Waals surface area contributed by atoms with E-state index in [0.29, 0.717) is 11.4 Å². The first-order valence-corrected chi connectivity index (χ1v) is 5.12. The van der Waals surface area contributed by atoms with Gasteiger partial charge < -0.3 is 0 Å². The molecule has 0 saturated carbocycles. The summed E-state index contributed by atoms with van der Waals surface area (Å²) in [4.78, 5) is 15.8. The first kappa shape index (κ1) is 10.0. The zero-order valence-electron chi connectivity index (χ0n) is 8.01. The molecular formula is C10H8BrN3O. The topological polar surface area (TPSA) is 47.8 Å². The average Bonchev–Trinajstić information content (AvgIpc) is 2.65. The number of hydrogen-bond donors (Lipinski definition) is 0. The summed E-state index contributed by atoms with van der Waals surface area (Å²) in [5.41, 5.74) is 0.809. The Morgan fingerprint density at radius 2 is 2.13 bits per heavy atom. The second kappa shape index (κ2) is 3.94. The smallest absolute Gasteiger partial charge is 0.231 e. The van der Waals surface area contributed by atoms with Crippen LogP contribution in [0.2, 0.25) is 0 Å². The van der Waals surface area contributed by atoms with Crippen LogP contribution in [0.5, 0.6) is 0 Å². The Balaban J connectivity index is 2.32. The van der Waals surface area contributed by atoms with Crippen molar-refractivity contribution in [3.05, 3.63) is 46.5 Å². The van der Waals surface area contributed by atoms with Crippen LogP contribution < -0.4 is 0 Å². The zero-order chi connectivity index (χ0) is 10.8. The highest BCUT2D eigenvalue weighted by atomic mass is 79.9. The summed E-state index contributed by atoms with van der Waals surface area (Å²) in [6, 6.07) is 5.12. The van der Waals surface area contributed by atoms with Crippen LogP contribution in [0, 0.1) is 0 Å². The monoisotopic (exact) mass is 265 g/mol. The van der Waals surface area contributed by atoms with Crippen molar-refractivity contribution in [1.29, 1.82) is 0 Å². The minimum absolute atomic E-state index is 0.164. The number of aryl methyl sites for hydroxylation is 1. The van der Waals surface area contributed by atoms with Crippen molar-refractivity contribution in [2.75, 3.05) is 0 Å². The highest BCUT2D eigenvalue weighted by Gasteiger charge is 2.12. The molecule has 0 aliphatic heterocycles. The molecule has 0 aliphatic carbocycles. The zero-order valence-corrected chi connectivity index (χ0v) is 9.60. The van der Waals surface area contributed by atoms with Crippen LogP contribution in [0.25, 0.3) is 0 Å². The molecule has 15 heavy (non-hydrogen) atoms. The highest BCUT2D eigenvalue weighted by molar-refractivity contribution is 9.10. The fourth-order valence-corrected chi connectivity index (χ4v) is 1.41. The van der Waals surface area contributed by atoms with Crippen molar-refractivity contribution < 1.29 is 4.79 Å². The lowest BCUT2D eigenvalue weighted by Crippen LogP contribution is -2.05. The molecule has 0 amide bonds. The Labute approximate surface area is 95.1 Å². The Bertz CT molecular complexity index is 490. The standard InChI is InChI=1S/C10H8BrN3O/c1-14-5-4-9(13-14)10(15)8-3-2-7(11)6-12-8/h2-6H,1H3. The molecule has 0 aromatic carbocycles. The van der Waals surface area contributed by atoms with Gasteiger partial charge in [0.1, 0.15) is 11.4 Å². The normalized spacial score (nSPS) is 10.3. The third kappa shape index (κ3) is 2.12. The van der Waals surface area contributed by atoms with Crippen molar-refractivity contribution in [3.8, 4) is 0 Å². The molecule has 0 spiro atoms. The summed E-state index contributed by atoms with van der Waals surface area (Å²) in [5.74, 6) is -0.164. The lowest BCUT2D eigenvalue weighted by molar-refractivity contribution is 0.102. The fraction of sp³-hybridized carbons (Fsp3) is 0.100. The third-order valence-electron chi connectivity index (χ3n) is 1.91. The molecule has 2 heterocycles. The van der Waals surface area contributed by atoms with Gasteiger partial charge >= 0.3 is 0 Å². The van der Waals surface area contributed by atoms with Crippen LogP contribution in [0.15, 0.2) is 35.1 Å². The van der Waals surface area contributed by atoms with Crippen molar-refractivity contribution >= 4 is 21.7 Å². The van der Waals surface area contributed by atoms with Crippen LogP contribution in [0.4, 0.5) is 0 Å².